The topological polar surface area (TPSA) is 58.6 Å². The van der Waals surface area contributed by atoms with Crippen LogP contribution in [0.2, 0.25) is 0 Å². The Morgan fingerprint density at radius 2 is 2.12 bits per heavy atom. The molecule has 0 saturated heterocycles. The summed E-state index contributed by atoms with van der Waals surface area (Å²) < 4.78 is 18.5. The number of amides is 1. The Bertz CT molecular complexity index is 861. The summed E-state index contributed by atoms with van der Waals surface area (Å²) in [6.07, 6.45) is -0.814. The number of aliphatic hydroxyl groups is 1. The Balaban J connectivity index is 1.61. The monoisotopic (exact) mass is 377 g/mol. The first-order chi connectivity index (χ1) is 12.1. The van der Waals surface area contributed by atoms with Gasteiger partial charge in [0.2, 0.25) is 0 Å². The van der Waals surface area contributed by atoms with Gasteiger partial charge in [-0.1, -0.05) is 6.07 Å². The molecule has 0 aliphatic heterocycles. The van der Waals surface area contributed by atoms with Gasteiger partial charge >= 0.3 is 0 Å². The molecule has 0 bridgehead atoms. The lowest BCUT2D eigenvalue weighted by molar-refractivity contribution is 0.0917. The van der Waals surface area contributed by atoms with Gasteiger partial charge in [-0.05, 0) is 41.8 Å². The standard InChI is InChI=1S/C18H16FNO3S2/c1-23-14-5-4-11(9-12(14)19)18(22)20-10-13(21)15-6-7-17(25-15)16-3-2-8-24-16/h2-9,13,21H,10H2,1H3,(H,20,22)/t13-/m1/s1. The fraction of sp³-hybridized carbons (Fsp3) is 0.167. The van der Waals surface area contributed by atoms with Crippen molar-refractivity contribution in [2.45, 2.75) is 6.10 Å². The predicted octanol–water partition coefficient (Wildman–Crippen LogP) is 4.09. The molecule has 1 amide bonds. The summed E-state index contributed by atoms with van der Waals surface area (Å²) in [5.74, 6) is -0.971. The maximum atomic E-state index is 13.7. The highest BCUT2D eigenvalue weighted by Crippen LogP contribution is 2.33. The summed E-state index contributed by atoms with van der Waals surface area (Å²) >= 11 is 3.12. The maximum absolute atomic E-state index is 13.7. The molecular formula is C18H16FNO3S2. The van der Waals surface area contributed by atoms with Crippen molar-refractivity contribution in [1.82, 2.24) is 5.32 Å². The zero-order valence-corrected chi connectivity index (χ0v) is 15.0. The van der Waals surface area contributed by atoms with Crippen molar-refractivity contribution in [3.05, 3.63) is 64.1 Å². The van der Waals surface area contributed by atoms with E-state index < -0.39 is 17.8 Å². The third-order valence-corrected chi connectivity index (χ3v) is 5.84. The minimum Gasteiger partial charge on any atom is -0.494 e. The average Bonchev–Trinajstić information content (AvgIpc) is 3.30. The zero-order chi connectivity index (χ0) is 17.8. The van der Waals surface area contributed by atoms with Crippen LogP contribution in [0.3, 0.4) is 0 Å². The van der Waals surface area contributed by atoms with Crippen LogP contribution in [0.1, 0.15) is 21.3 Å². The SMILES string of the molecule is COc1ccc(C(=O)NC[C@@H](O)c2ccc(-c3cccs3)s2)cc1F. The molecule has 7 heteroatoms. The largest absolute Gasteiger partial charge is 0.494 e. The lowest BCUT2D eigenvalue weighted by Gasteiger charge is -2.11. The molecule has 0 saturated carbocycles. The molecule has 25 heavy (non-hydrogen) atoms. The minimum atomic E-state index is -0.814. The van der Waals surface area contributed by atoms with Gasteiger partial charge in [0.1, 0.15) is 6.10 Å². The Morgan fingerprint density at radius 1 is 1.28 bits per heavy atom. The van der Waals surface area contributed by atoms with Crippen LogP contribution in [0.5, 0.6) is 5.75 Å². The van der Waals surface area contributed by atoms with Gasteiger partial charge in [-0.15, -0.1) is 22.7 Å². The number of rotatable bonds is 6. The molecule has 2 heterocycles. The molecule has 0 spiro atoms. The molecule has 0 radical (unpaired) electrons. The van der Waals surface area contributed by atoms with Crippen LogP contribution in [-0.4, -0.2) is 24.7 Å². The van der Waals surface area contributed by atoms with Crippen LogP contribution in [0.25, 0.3) is 9.75 Å². The first-order valence-electron chi connectivity index (χ1n) is 7.52. The second kappa shape index (κ2) is 7.77. The number of hydrogen-bond acceptors (Lipinski definition) is 5. The van der Waals surface area contributed by atoms with E-state index in [-0.39, 0.29) is 17.9 Å². The highest BCUT2D eigenvalue weighted by Gasteiger charge is 2.15. The van der Waals surface area contributed by atoms with Gasteiger partial charge in [0.05, 0.1) is 7.11 Å². The molecule has 0 unspecified atom stereocenters. The van der Waals surface area contributed by atoms with Gasteiger partial charge in [0, 0.05) is 26.7 Å². The molecule has 130 valence electrons. The van der Waals surface area contributed by atoms with Gasteiger partial charge in [-0.25, -0.2) is 4.39 Å². The lowest BCUT2D eigenvalue weighted by Crippen LogP contribution is -2.28. The number of carbonyl (C=O) groups excluding carboxylic acids is 1. The fourth-order valence-electron chi connectivity index (χ4n) is 2.28. The molecule has 0 aliphatic rings. The molecule has 1 aromatic carbocycles. The first kappa shape index (κ1) is 17.6. The summed E-state index contributed by atoms with van der Waals surface area (Å²) in [5.41, 5.74) is 0.177. The van der Waals surface area contributed by atoms with Crippen LogP contribution in [0.15, 0.2) is 47.8 Å². The molecule has 4 nitrogen and oxygen atoms in total. The van der Waals surface area contributed by atoms with Gasteiger partial charge in [0.25, 0.3) is 5.91 Å². The summed E-state index contributed by atoms with van der Waals surface area (Å²) in [5, 5.41) is 14.9. The maximum Gasteiger partial charge on any atom is 0.251 e. The average molecular weight is 377 g/mol. The van der Waals surface area contributed by atoms with E-state index in [4.69, 9.17) is 4.74 Å². The van der Waals surface area contributed by atoms with Crippen molar-refractivity contribution >= 4 is 28.6 Å². The number of thiophene rings is 2. The third-order valence-electron chi connectivity index (χ3n) is 3.59. The summed E-state index contributed by atoms with van der Waals surface area (Å²) in [4.78, 5) is 15.1. The quantitative estimate of drug-likeness (QED) is 0.680. The van der Waals surface area contributed by atoms with Gasteiger partial charge in [-0.2, -0.15) is 0 Å². The van der Waals surface area contributed by atoms with Gasteiger partial charge in [0.15, 0.2) is 11.6 Å². The molecule has 2 aromatic heterocycles. The zero-order valence-electron chi connectivity index (χ0n) is 13.4. The van der Waals surface area contributed by atoms with Crippen molar-refractivity contribution < 1.29 is 19.0 Å². The van der Waals surface area contributed by atoms with Crippen molar-refractivity contribution in [2.24, 2.45) is 0 Å². The Morgan fingerprint density at radius 3 is 2.80 bits per heavy atom. The second-order valence-electron chi connectivity index (χ2n) is 5.25. The van der Waals surface area contributed by atoms with Crippen LogP contribution in [-0.2, 0) is 0 Å². The molecule has 3 rings (SSSR count). The molecule has 0 fully saturated rings. The van der Waals surface area contributed by atoms with Crippen LogP contribution in [0.4, 0.5) is 4.39 Å². The summed E-state index contributed by atoms with van der Waals surface area (Å²) in [6, 6.07) is 11.8. The first-order valence-corrected chi connectivity index (χ1v) is 9.21. The Labute approximate surface area is 152 Å². The van der Waals surface area contributed by atoms with E-state index in [0.29, 0.717) is 0 Å². The number of benzene rings is 1. The highest BCUT2D eigenvalue weighted by molar-refractivity contribution is 7.21. The van der Waals surface area contributed by atoms with Crippen molar-refractivity contribution in [1.29, 1.82) is 0 Å². The molecule has 3 aromatic rings. The lowest BCUT2D eigenvalue weighted by atomic mass is 10.2. The van der Waals surface area contributed by atoms with Gasteiger partial charge in [-0.3, -0.25) is 4.79 Å². The summed E-state index contributed by atoms with van der Waals surface area (Å²) in [6.45, 7) is 0.0525. The van der Waals surface area contributed by atoms with Crippen molar-refractivity contribution in [3.8, 4) is 15.5 Å². The number of aliphatic hydroxyl groups excluding tert-OH is 1. The number of ether oxygens (including phenoxy) is 1. The van der Waals surface area contributed by atoms with Gasteiger partial charge < -0.3 is 15.2 Å². The normalized spacial score (nSPS) is 12.0. The smallest absolute Gasteiger partial charge is 0.251 e. The van der Waals surface area contributed by atoms with E-state index in [1.165, 1.54) is 30.6 Å². The highest BCUT2D eigenvalue weighted by atomic mass is 32.1. The Kier molecular flexibility index (Phi) is 5.47. The van der Waals surface area contributed by atoms with Crippen LogP contribution < -0.4 is 10.1 Å². The van der Waals surface area contributed by atoms with E-state index in [1.807, 2.05) is 29.6 Å². The van der Waals surface area contributed by atoms with E-state index >= 15 is 0 Å². The Hall–Kier alpha value is -2.22. The molecule has 1 atom stereocenters. The molecule has 2 N–H and O–H groups in total. The molecular weight excluding hydrogens is 361 g/mol. The van der Waals surface area contributed by atoms with Crippen LogP contribution >= 0.6 is 22.7 Å². The third kappa shape index (κ3) is 4.07. The van der Waals surface area contributed by atoms with E-state index in [1.54, 1.807) is 11.3 Å². The van der Waals surface area contributed by atoms with Crippen molar-refractivity contribution in [2.75, 3.05) is 13.7 Å². The fourth-order valence-corrected chi connectivity index (χ4v) is 4.11. The summed E-state index contributed by atoms with van der Waals surface area (Å²) in [7, 11) is 1.36. The number of halogens is 1. The van der Waals surface area contributed by atoms with E-state index in [2.05, 4.69) is 5.32 Å². The number of nitrogens with one attached hydrogen (secondary N) is 1. The van der Waals surface area contributed by atoms with Crippen molar-refractivity contribution in [3.63, 3.8) is 0 Å². The predicted molar refractivity (Wildman–Crippen MR) is 97.9 cm³/mol. The number of methoxy groups -OCH3 is 1. The second-order valence-corrected chi connectivity index (χ2v) is 7.32. The minimum absolute atomic E-state index is 0.0525. The molecule has 0 aliphatic carbocycles. The number of carbonyl (C=O) groups is 1. The van der Waals surface area contributed by atoms with E-state index in [9.17, 15) is 14.3 Å². The van der Waals surface area contributed by atoms with E-state index in [0.717, 1.165) is 20.7 Å². The van der Waals surface area contributed by atoms with Crippen LogP contribution in [0, 0.1) is 5.82 Å². The number of hydrogen-bond donors (Lipinski definition) is 2.